The second-order valence-electron chi connectivity index (χ2n) is 9.53. The molecule has 3 aromatic carbocycles. The summed E-state index contributed by atoms with van der Waals surface area (Å²) < 4.78 is 24.9. The maximum atomic E-state index is 14.2. The first-order valence-corrected chi connectivity index (χ1v) is 15.0. The molecule has 1 aliphatic rings. The van der Waals surface area contributed by atoms with Crippen LogP contribution in [0.15, 0.2) is 75.7 Å². The van der Waals surface area contributed by atoms with Crippen molar-refractivity contribution in [1.82, 2.24) is 4.57 Å². The Morgan fingerprint density at radius 3 is 2.26 bits per heavy atom. The largest absolute Gasteiger partial charge is 0.494 e. The molecule has 4 aromatic rings. The van der Waals surface area contributed by atoms with Gasteiger partial charge in [0.1, 0.15) is 17.2 Å². The molecular weight excluding hydrogens is 552 g/mol. The minimum absolute atomic E-state index is 0.209. The molecule has 218 valence electrons. The number of carbonyl (C=O) groups is 1. The van der Waals surface area contributed by atoms with Gasteiger partial charge < -0.3 is 18.9 Å². The van der Waals surface area contributed by atoms with E-state index in [0.717, 1.165) is 27.6 Å². The number of carbonyl (C=O) groups excluding carboxylic acids is 1. The Morgan fingerprint density at radius 1 is 0.905 bits per heavy atom. The van der Waals surface area contributed by atoms with E-state index in [-0.39, 0.29) is 12.2 Å². The Bertz CT molecular complexity index is 1830. The minimum atomic E-state index is -0.707. The first-order chi connectivity index (χ1) is 20.4. The molecule has 0 bridgehead atoms. The van der Waals surface area contributed by atoms with Gasteiger partial charge in [0.25, 0.3) is 5.56 Å². The molecule has 0 radical (unpaired) electrons. The highest BCUT2D eigenvalue weighted by molar-refractivity contribution is 7.07. The summed E-state index contributed by atoms with van der Waals surface area (Å²) in [5, 5.41) is 1.90. The zero-order valence-electron chi connectivity index (χ0n) is 24.4. The van der Waals surface area contributed by atoms with E-state index in [2.05, 4.69) is 0 Å². The van der Waals surface area contributed by atoms with Gasteiger partial charge in [-0.1, -0.05) is 35.6 Å². The quantitative estimate of drug-likeness (QED) is 0.239. The van der Waals surface area contributed by atoms with Crippen LogP contribution in [0.4, 0.5) is 0 Å². The SMILES string of the molecule is CCOC(=O)C1=C(C)N=c2s/c(=C/c3c(OCC)ccc4ccc(OCC)cc34)c(=O)n2[C@H]1c1ccc(OCC)cc1. The van der Waals surface area contributed by atoms with Gasteiger partial charge in [-0.3, -0.25) is 9.36 Å². The lowest BCUT2D eigenvalue weighted by atomic mass is 9.96. The van der Waals surface area contributed by atoms with E-state index in [1.54, 1.807) is 18.4 Å². The van der Waals surface area contributed by atoms with Gasteiger partial charge in [0.2, 0.25) is 0 Å². The second-order valence-corrected chi connectivity index (χ2v) is 10.5. The van der Waals surface area contributed by atoms with Crippen molar-refractivity contribution in [3.8, 4) is 17.2 Å². The summed E-state index contributed by atoms with van der Waals surface area (Å²) in [5.74, 6) is 1.61. The summed E-state index contributed by atoms with van der Waals surface area (Å²) in [6, 6.07) is 16.5. The molecular formula is C33H34N2O6S. The Balaban J connectivity index is 1.75. The van der Waals surface area contributed by atoms with Crippen LogP contribution in [0, 0.1) is 0 Å². The normalized spacial score (nSPS) is 14.9. The molecule has 9 heteroatoms. The van der Waals surface area contributed by atoms with E-state index >= 15 is 0 Å². The van der Waals surface area contributed by atoms with Crippen molar-refractivity contribution in [2.75, 3.05) is 26.4 Å². The number of benzene rings is 3. The molecule has 0 spiro atoms. The van der Waals surface area contributed by atoms with Crippen molar-refractivity contribution in [1.29, 1.82) is 0 Å². The fourth-order valence-corrected chi connectivity index (χ4v) is 6.17. The molecule has 0 saturated carbocycles. The van der Waals surface area contributed by atoms with Crippen LogP contribution >= 0.6 is 11.3 Å². The third-order valence-corrected chi connectivity index (χ3v) is 7.89. The molecule has 42 heavy (non-hydrogen) atoms. The number of fused-ring (bicyclic) bond motifs is 2. The number of hydrogen-bond donors (Lipinski definition) is 0. The van der Waals surface area contributed by atoms with Gasteiger partial charge in [-0.05, 0) is 87.4 Å². The van der Waals surface area contributed by atoms with Crippen molar-refractivity contribution in [2.45, 2.75) is 40.7 Å². The average molecular weight is 587 g/mol. The summed E-state index contributed by atoms with van der Waals surface area (Å²) in [6.07, 6.45) is 1.85. The first kappa shape index (κ1) is 29.1. The summed E-state index contributed by atoms with van der Waals surface area (Å²) >= 11 is 1.28. The monoisotopic (exact) mass is 586 g/mol. The van der Waals surface area contributed by atoms with Gasteiger partial charge in [0, 0.05) is 5.56 Å². The summed E-state index contributed by atoms with van der Waals surface area (Å²) in [6.45, 7) is 11.1. The van der Waals surface area contributed by atoms with Crippen LogP contribution in [0.3, 0.4) is 0 Å². The van der Waals surface area contributed by atoms with Crippen LogP contribution < -0.4 is 29.1 Å². The van der Waals surface area contributed by atoms with E-state index in [0.29, 0.717) is 51.9 Å². The van der Waals surface area contributed by atoms with Crippen molar-refractivity contribution >= 4 is 34.2 Å². The average Bonchev–Trinajstić information content (AvgIpc) is 3.28. The molecule has 5 rings (SSSR count). The smallest absolute Gasteiger partial charge is 0.338 e. The van der Waals surface area contributed by atoms with Crippen molar-refractivity contribution < 1.29 is 23.7 Å². The topological polar surface area (TPSA) is 88.4 Å². The number of ether oxygens (including phenoxy) is 4. The minimum Gasteiger partial charge on any atom is -0.494 e. The fraction of sp³-hybridized carbons (Fsp3) is 0.303. The second kappa shape index (κ2) is 12.7. The standard InChI is InChI=1S/C33H34N2O6S/c1-6-38-23-14-11-22(12-15-23)30-29(32(37)41-9-4)20(5)34-33-35(30)31(36)28(42-33)19-26-25-18-24(39-7-2)16-10-21(25)13-17-27(26)40-8-3/h10-19,30H,6-9H2,1-5H3/b28-19+/t30-/m0/s1. The first-order valence-electron chi connectivity index (χ1n) is 14.1. The van der Waals surface area contributed by atoms with E-state index in [9.17, 15) is 9.59 Å². The van der Waals surface area contributed by atoms with Crippen LogP contribution in [0.25, 0.3) is 16.8 Å². The van der Waals surface area contributed by atoms with E-state index in [1.165, 1.54) is 11.3 Å². The summed E-state index contributed by atoms with van der Waals surface area (Å²) in [4.78, 5) is 32.6. The number of allylic oxidation sites excluding steroid dienone is 1. The maximum absolute atomic E-state index is 14.2. The molecule has 0 fully saturated rings. The summed E-state index contributed by atoms with van der Waals surface area (Å²) in [5.41, 5.74) is 2.13. The van der Waals surface area contributed by atoms with Crippen molar-refractivity contribution in [2.24, 2.45) is 4.99 Å². The lowest BCUT2D eigenvalue weighted by molar-refractivity contribution is -0.139. The number of nitrogens with zero attached hydrogens (tertiary/aromatic N) is 2. The predicted molar refractivity (Wildman–Crippen MR) is 164 cm³/mol. The number of esters is 1. The highest BCUT2D eigenvalue weighted by Crippen LogP contribution is 2.33. The van der Waals surface area contributed by atoms with E-state index < -0.39 is 12.0 Å². The number of aromatic nitrogens is 1. The van der Waals surface area contributed by atoms with Gasteiger partial charge in [0.15, 0.2) is 4.80 Å². The number of rotatable bonds is 10. The Hall–Kier alpha value is -4.37. The molecule has 0 N–H and O–H groups in total. The van der Waals surface area contributed by atoms with Crippen molar-refractivity contribution in [3.05, 3.63) is 96.7 Å². The van der Waals surface area contributed by atoms with E-state index in [4.69, 9.17) is 23.9 Å². The molecule has 0 unspecified atom stereocenters. The van der Waals surface area contributed by atoms with Crippen LogP contribution in [0.5, 0.6) is 17.2 Å². The van der Waals surface area contributed by atoms with Crippen LogP contribution in [0.2, 0.25) is 0 Å². The highest BCUT2D eigenvalue weighted by Gasteiger charge is 2.33. The molecule has 1 aromatic heterocycles. The molecule has 1 atom stereocenters. The third-order valence-electron chi connectivity index (χ3n) is 6.90. The van der Waals surface area contributed by atoms with Gasteiger partial charge in [-0.2, -0.15) is 0 Å². The van der Waals surface area contributed by atoms with Gasteiger partial charge in [-0.25, -0.2) is 9.79 Å². The van der Waals surface area contributed by atoms with Gasteiger partial charge >= 0.3 is 5.97 Å². The highest BCUT2D eigenvalue weighted by atomic mass is 32.1. The molecule has 0 amide bonds. The zero-order valence-corrected chi connectivity index (χ0v) is 25.2. The Kier molecular flexibility index (Phi) is 8.77. The van der Waals surface area contributed by atoms with Crippen molar-refractivity contribution in [3.63, 3.8) is 0 Å². The maximum Gasteiger partial charge on any atom is 0.338 e. The predicted octanol–water partition coefficient (Wildman–Crippen LogP) is 5.15. The molecule has 1 aliphatic heterocycles. The molecule has 2 heterocycles. The van der Waals surface area contributed by atoms with Crippen LogP contribution in [-0.2, 0) is 9.53 Å². The Morgan fingerprint density at radius 2 is 1.57 bits per heavy atom. The lowest BCUT2D eigenvalue weighted by Crippen LogP contribution is -2.39. The zero-order chi connectivity index (χ0) is 29.8. The third kappa shape index (κ3) is 5.56. The number of hydrogen-bond acceptors (Lipinski definition) is 8. The molecule has 0 saturated heterocycles. The summed E-state index contributed by atoms with van der Waals surface area (Å²) in [7, 11) is 0. The molecule has 8 nitrogen and oxygen atoms in total. The van der Waals surface area contributed by atoms with Gasteiger partial charge in [-0.15, -0.1) is 0 Å². The molecule has 0 aliphatic carbocycles. The lowest BCUT2D eigenvalue weighted by Gasteiger charge is -2.24. The fourth-order valence-electron chi connectivity index (χ4n) is 5.14. The van der Waals surface area contributed by atoms with Crippen LogP contribution in [0.1, 0.15) is 51.8 Å². The van der Waals surface area contributed by atoms with Gasteiger partial charge in [0.05, 0.1) is 48.3 Å². The number of thiazole rings is 1. The van der Waals surface area contributed by atoms with Crippen LogP contribution in [-0.4, -0.2) is 37.0 Å². The van der Waals surface area contributed by atoms with E-state index in [1.807, 2.05) is 81.4 Å². The Labute approximate surface area is 248 Å².